The molecule has 4 nitrogen and oxygen atoms in total. The van der Waals surface area contributed by atoms with Crippen LogP contribution in [-0.4, -0.2) is 35.8 Å². The molecule has 5 heteroatoms. The summed E-state index contributed by atoms with van der Waals surface area (Å²) in [7, 11) is 0. The smallest absolute Gasteiger partial charge is 0.251 e. The molecule has 3 aromatic carbocycles. The fraction of sp³-hybridized carbons (Fsp3) is 0.250. The van der Waals surface area contributed by atoms with Crippen molar-refractivity contribution in [2.75, 3.05) is 13.1 Å². The molecule has 0 aliphatic carbocycles. The van der Waals surface area contributed by atoms with Crippen LogP contribution in [-0.2, 0) is 11.2 Å². The van der Waals surface area contributed by atoms with Gasteiger partial charge in [0.15, 0.2) is 0 Å². The number of nitrogens with one attached hydrogen (secondary N) is 1. The first-order valence-corrected chi connectivity index (χ1v) is 9.91. The number of fused-ring (bicyclic) bond motifs is 1. The van der Waals surface area contributed by atoms with Gasteiger partial charge >= 0.3 is 0 Å². The van der Waals surface area contributed by atoms with Gasteiger partial charge in [-0.15, -0.1) is 0 Å². The Balaban J connectivity index is 1.32. The Bertz CT molecular complexity index is 1020. The lowest BCUT2D eigenvalue weighted by molar-refractivity contribution is -0.131. The van der Waals surface area contributed by atoms with Gasteiger partial charge in [0, 0.05) is 24.7 Å². The van der Waals surface area contributed by atoms with Crippen molar-refractivity contribution < 1.29 is 14.0 Å². The van der Waals surface area contributed by atoms with Gasteiger partial charge in [0.05, 0.1) is 6.42 Å². The van der Waals surface area contributed by atoms with Gasteiger partial charge in [-0.1, -0.05) is 42.5 Å². The zero-order valence-corrected chi connectivity index (χ0v) is 16.1. The molecule has 148 valence electrons. The predicted octanol–water partition coefficient (Wildman–Crippen LogP) is 3.94. The molecule has 1 fully saturated rings. The Hall–Kier alpha value is -3.21. The van der Waals surface area contributed by atoms with Crippen LogP contribution in [0.2, 0.25) is 0 Å². The Labute approximate surface area is 169 Å². The summed E-state index contributed by atoms with van der Waals surface area (Å²) >= 11 is 0. The van der Waals surface area contributed by atoms with E-state index in [1.54, 1.807) is 0 Å². The molecule has 0 bridgehead atoms. The first-order chi connectivity index (χ1) is 14.1. The van der Waals surface area contributed by atoms with Gasteiger partial charge < -0.3 is 10.2 Å². The third-order valence-corrected chi connectivity index (χ3v) is 5.51. The van der Waals surface area contributed by atoms with Gasteiger partial charge in [-0.3, -0.25) is 9.59 Å². The summed E-state index contributed by atoms with van der Waals surface area (Å²) in [5.74, 6) is -0.449. The number of amides is 2. The van der Waals surface area contributed by atoms with Crippen LogP contribution in [0, 0.1) is 5.82 Å². The number of hydrogen-bond acceptors (Lipinski definition) is 2. The van der Waals surface area contributed by atoms with Crippen LogP contribution in [0.5, 0.6) is 0 Å². The molecule has 1 saturated heterocycles. The molecular weight excluding hydrogens is 367 g/mol. The van der Waals surface area contributed by atoms with Crippen LogP contribution in [0.25, 0.3) is 10.8 Å². The van der Waals surface area contributed by atoms with Gasteiger partial charge in [-0.2, -0.15) is 0 Å². The van der Waals surface area contributed by atoms with Crippen LogP contribution >= 0.6 is 0 Å². The van der Waals surface area contributed by atoms with Gasteiger partial charge in [0.25, 0.3) is 5.91 Å². The van der Waals surface area contributed by atoms with E-state index in [2.05, 4.69) is 23.5 Å². The van der Waals surface area contributed by atoms with Gasteiger partial charge in [-0.05, 0) is 53.4 Å². The summed E-state index contributed by atoms with van der Waals surface area (Å²) in [5.41, 5.74) is 1.49. The SMILES string of the molecule is O=C(NC1CCN(C(=O)Cc2cccc3ccccc23)CC1)c1ccc(F)cc1. The maximum absolute atomic E-state index is 13.0. The highest BCUT2D eigenvalue weighted by molar-refractivity contribution is 5.94. The number of carbonyl (C=O) groups excluding carboxylic acids is 2. The minimum absolute atomic E-state index is 0.0224. The maximum atomic E-state index is 13.0. The second-order valence-corrected chi connectivity index (χ2v) is 7.45. The monoisotopic (exact) mass is 390 g/mol. The summed E-state index contributed by atoms with van der Waals surface area (Å²) < 4.78 is 13.0. The quantitative estimate of drug-likeness (QED) is 0.734. The summed E-state index contributed by atoms with van der Waals surface area (Å²) in [4.78, 5) is 27.0. The second kappa shape index (κ2) is 8.43. The molecule has 1 heterocycles. The lowest BCUT2D eigenvalue weighted by Gasteiger charge is -2.32. The van der Waals surface area contributed by atoms with Crippen LogP contribution < -0.4 is 5.32 Å². The summed E-state index contributed by atoms with van der Waals surface area (Å²) in [6, 6.07) is 19.7. The number of nitrogens with zero attached hydrogens (tertiary/aromatic N) is 1. The van der Waals surface area contributed by atoms with E-state index < -0.39 is 0 Å². The summed E-state index contributed by atoms with van der Waals surface area (Å²) in [6.07, 6.45) is 1.82. The zero-order valence-electron chi connectivity index (χ0n) is 16.1. The predicted molar refractivity (Wildman–Crippen MR) is 111 cm³/mol. The van der Waals surface area contributed by atoms with E-state index in [0.717, 1.165) is 16.3 Å². The van der Waals surface area contributed by atoms with Crippen LogP contribution in [0.3, 0.4) is 0 Å². The number of halogens is 1. The van der Waals surface area contributed by atoms with Gasteiger partial charge in [-0.25, -0.2) is 4.39 Å². The van der Waals surface area contributed by atoms with Crippen molar-refractivity contribution in [1.29, 1.82) is 0 Å². The minimum atomic E-state index is -0.362. The highest BCUT2D eigenvalue weighted by atomic mass is 19.1. The fourth-order valence-electron chi connectivity index (χ4n) is 3.86. The topological polar surface area (TPSA) is 49.4 Å². The first-order valence-electron chi connectivity index (χ1n) is 9.91. The lowest BCUT2D eigenvalue weighted by atomic mass is 10.00. The molecule has 1 N–H and O–H groups in total. The molecule has 0 atom stereocenters. The molecule has 0 radical (unpaired) electrons. The third-order valence-electron chi connectivity index (χ3n) is 5.51. The van der Waals surface area contributed by atoms with Gasteiger partial charge in [0.2, 0.25) is 5.91 Å². The lowest BCUT2D eigenvalue weighted by Crippen LogP contribution is -2.47. The molecule has 29 heavy (non-hydrogen) atoms. The Morgan fingerprint density at radius 1 is 0.931 bits per heavy atom. The highest BCUT2D eigenvalue weighted by Crippen LogP contribution is 2.20. The van der Waals surface area contributed by atoms with E-state index in [4.69, 9.17) is 0 Å². The fourth-order valence-corrected chi connectivity index (χ4v) is 3.86. The highest BCUT2D eigenvalue weighted by Gasteiger charge is 2.24. The van der Waals surface area contributed by atoms with Crippen molar-refractivity contribution in [3.63, 3.8) is 0 Å². The number of likely N-dealkylation sites (tertiary alicyclic amines) is 1. The maximum Gasteiger partial charge on any atom is 0.251 e. The molecule has 0 aromatic heterocycles. The molecule has 1 aliphatic rings. The van der Waals surface area contributed by atoms with E-state index in [1.165, 1.54) is 24.3 Å². The number of piperidine rings is 1. The van der Waals surface area contributed by atoms with E-state index in [1.807, 2.05) is 29.2 Å². The zero-order chi connectivity index (χ0) is 20.2. The van der Waals surface area contributed by atoms with Crippen molar-refractivity contribution in [1.82, 2.24) is 10.2 Å². The van der Waals surface area contributed by atoms with E-state index in [0.29, 0.717) is 37.9 Å². The van der Waals surface area contributed by atoms with Crippen LogP contribution in [0.4, 0.5) is 4.39 Å². The summed E-state index contributed by atoms with van der Waals surface area (Å²) in [5, 5.41) is 5.24. The van der Waals surface area contributed by atoms with E-state index >= 15 is 0 Å². The van der Waals surface area contributed by atoms with Crippen LogP contribution in [0.15, 0.2) is 66.7 Å². The van der Waals surface area contributed by atoms with Crippen LogP contribution in [0.1, 0.15) is 28.8 Å². The Kier molecular flexibility index (Phi) is 5.56. The number of carbonyl (C=O) groups is 2. The largest absolute Gasteiger partial charge is 0.349 e. The normalized spacial score (nSPS) is 14.7. The average Bonchev–Trinajstić information content (AvgIpc) is 2.75. The van der Waals surface area contributed by atoms with E-state index in [-0.39, 0.29) is 23.7 Å². The molecule has 3 aromatic rings. The van der Waals surface area contributed by atoms with Gasteiger partial charge in [0.1, 0.15) is 5.82 Å². The first kappa shape index (κ1) is 19.1. The van der Waals surface area contributed by atoms with Crippen molar-refractivity contribution in [2.24, 2.45) is 0 Å². The second-order valence-electron chi connectivity index (χ2n) is 7.45. The van der Waals surface area contributed by atoms with Crippen molar-refractivity contribution in [3.8, 4) is 0 Å². The Morgan fingerprint density at radius 3 is 2.38 bits per heavy atom. The Morgan fingerprint density at radius 2 is 1.62 bits per heavy atom. The molecule has 0 saturated carbocycles. The van der Waals surface area contributed by atoms with E-state index in [9.17, 15) is 14.0 Å². The summed E-state index contributed by atoms with van der Waals surface area (Å²) in [6.45, 7) is 1.25. The molecule has 1 aliphatic heterocycles. The molecule has 0 spiro atoms. The molecule has 4 rings (SSSR count). The molecule has 0 unspecified atom stereocenters. The molecular formula is C24H23FN2O2. The van der Waals surface area contributed by atoms with Crippen molar-refractivity contribution in [2.45, 2.75) is 25.3 Å². The number of hydrogen-bond donors (Lipinski definition) is 1. The molecule has 2 amide bonds. The minimum Gasteiger partial charge on any atom is -0.349 e. The number of benzene rings is 3. The average molecular weight is 390 g/mol. The van der Waals surface area contributed by atoms with Crippen molar-refractivity contribution >= 4 is 22.6 Å². The number of rotatable bonds is 4. The van der Waals surface area contributed by atoms with Crippen molar-refractivity contribution in [3.05, 3.63) is 83.7 Å². The standard InChI is InChI=1S/C24H23FN2O2/c25-20-10-8-18(9-11-20)24(29)26-21-12-14-27(15-13-21)23(28)16-19-6-3-5-17-4-1-2-7-22(17)19/h1-11,21H,12-16H2,(H,26,29). The third kappa shape index (κ3) is 4.45.